The van der Waals surface area contributed by atoms with Crippen molar-refractivity contribution in [1.82, 2.24) is 4.90 Å². The van der Waals surface area contributed by atoms with Gasteiger partial charge in [0.25, 0.3) is 0 Å². The van der Waals surface area contributed by atoms with Crippen LogP contribution >= 0.6 is 11.3 Å². The van der Waals surface area contributed by atoms with E-state index in [-0.39, 0.29) is 22.8 Å². The molecule has 1 unspecified atom stereocenters. The van der Waals surface area contributed by atoms with Gasteiger partial charge in [-0.25, -0.2) is 4.39 Å². The van der Waals surface area contributed by atoms with E-state index in [1.165, 1.54) is 17.0 Å². The zero-order valence-electron chi connectivity index (χ0n) is 16.3. The molecule has 0 radical (unpaired) electrons. The number of carbonyl (C=O) groups excluding carboxylic acids is 1. The first-order chi connectivity index (χ1) is 12.8. The molecule has 1 aromatic carbocycles. The van der Waals surface area contributed by atoms with Crippen molar-refractivity contribution in [1.29, 1.82) is 0 Å². The third-order valence-corrected chi connectivity index (χ3v) is 7.10. The van der Waals surface area contributed by atoms with Crippen LogP contribution in [0.5, 0.6) is 0 Å². The summed E-state index contributed by atoms with van der Waals surface area (Å²) in [5, 5.41) is 0. The van der Waals surface area contributed by atoms with E-state index in [2.05, 4.69) is 42.7 Å². The fraction of sp³-hybridized carbons (Fsp3) is 0.500. The number of carbonyl (C=O) groups is 1. The Balaban J connectivity index is 1.58. The predicted molar refractivity (Wildman–Crippen MR) is 109 cm³/mol. The molecule has 27 heavy (non-hydrogen) atoms. The highest BCUT2D eigenvalue weighted by atomic mass is 32.1. The van der Waals surface area contributed by atoms with E-state index in [0.29, 0.717) is 6.42 Å². The normalized spacial score (nSPS) is 24.1. The number of hydrogen-bond donors (Lipinski definition) is 0. The van der Waals surface area contributed by atoms with Gasteiger partial charge in [0.05, 0.1) is 12.0 Å². The van der Waals surface area contributed by atoms with Crippen LogP contribution in [0.25, 0.3) is 0 Å². The molecule has 3 nitrogen and oxygen atoms in total. The van der Waals surface area contributed by atoms with Gasteiger partial charge in [0.15, 0.2) is 0 Å². The molecule has 2 aliphatic heterocycles. The van der Waals surface area contributed by atoms with Crippen LogP contribution in [-0.2, 0) is 11.2 Å². The summed E-state index contributed by atoms with van der Waals surface area (Å²) in [5.41, 5.74) is 0.855. The number of hydrogen-bond acceptors (Lipinski definition) is 3. The van der Waals surface area contributed by atoms with E-state index in [1.807, 2.05) is 12.1 Å². The molecule has 0 bridgehead atoms. The predicted octanol–water partition coefficient (Wildman–Crippen LogP) is 4.79. The van der Waals surface area contributed by atoms with Crippen LogP contribution in [-0.4, -0.2) is 35.0 Å². The maximum Gasteiger partial charge on any atom is 0.228 e. The second-order valence-corrected chi connectivity index (χ2v) is 9.99. The lowest BCUT2D eigenvalue weighted by Gasteiger charge is -2.35. The van der Waals surface area contributed by atoms with Gasteiger partial charge in [-0.2, -0.15) is 0 Å². The third-order valence-electron chi connectivity index (χ3n) is 6.10. The summed E-state index contributed by atoms with van der Waals surface area (Å²) in [4.78, 5) is 20.0. The average Bonchev–Trinajstić information content (AvgIpc) is 3.26. The first-order valence-electron chi connectivity index (χ1n) is 9.68. The zero-order chi connectivity index (χ0) is 19.2. The molecule has 144 valence electrons. The van der Waals surface area contributed by atoms with Gasteiger partial charge in [-0.3, -0.25) is 4.79 Å². The van der Waals surface area contributed by atoms with E-state index >= 15 is 0 Å². The molecule has 2 fully saturated rings. The Bertz CT molecular complexity index is 844. The molecular weight excluding hydrogens is 359 g/mol. The number of halogens is 1. The second-order valence-electron chi connectivity index (χ2n) is 8.61. The number of nitrogens with zero attached hydrogens (tertiary/aromatic N) is 2. The summed E-state index contributed by atoms with van der Waals surface area (Å²) in [7, 11) is 0. The van der Waals surface area contributed by atoms with Crippen LogP contribution in [0, 0.1) is 12.7 Å². The van der Waals surface area contributed by atoms with Crippen molar-refractivity contribution < 1.29 is 9.18 Å². The molecule has 1 amide bonds. The molecule has 1 aromatic heterocycles. The number of rotatable bonds is 3. The monoisotopic (exact) mass is 386 g/mol. The van der Waals surface area contributed by atoms with Crippen LogP contribution in [0.1, 0.15) is 42.9 Å². The van der Waals surface area contributed by atoms with Crippen LogP contribution in [0.3, 0.4) is 0 Å². The van der Waals surface area contributed by atoms with Crippen molar-refractivity contribution >= 4 is 22.9 Å². The highest BCUT2D eigenvalue weighted by Crippen LogP contribution is 2.47. The summed E-state index contributed by atoms with van der Waals surface area (Å²) in [6, 6.07) is 10.9. The first kappa shape index (κ1) is 18.5. The Morgan fingerprint density at radius 3 is 2.59 bits per heavy atom. The number of likely N-dealkylation sites (tertiary alicyclic amines) is 1. The van der Waals surface area contributed by atoms with Gasteiger partial charge in [-0.15, -0.1) is 11.3 Å². The van der Waals surface area contributed by atoms with E-state index in [9.17, 15) is 9.18 Å². The van der Waals surface area contributed by atoms with E-state index in [1.54, 1.807) is 11.3 Å². The molecule has 5 heteroatoms. The smallest absolute Gasteiger partial charge is 0.228 e. The summed E-state index contributed by atoms with van der Waals surface area (Å²) >= 11 is 1.71. The maximum absolute atomic E-state index is 13.4. The number of benzene rings is 1. The molecule has 2 aromatic rings. The SMILES string of the molecule is Cc1ccc(CC(=O)N2CCCC23CN(c2ccc(F)cc2)C(C)(C)C3)s1. The molecule has 1 spiro atoms. The van der Waals surface area contributed by atoms with Crippen LogP contribution in [0.15, 0.2) is 36.4 Å². The molecule has 1 atom stereocenters. The van der Waals surface area contributed by atoms with Gasteiger partial charge in [-0.05, 0) is 76.4 Å². The second kappa shape index (κ2) is 6.62. The van der Waals surface area contributed by atoms with Gasteiger partial charge in [-0.1, -0.05) is 0 Å². The van der Waals surface area contributed by atoms with Gasteiger partial charge >= 0.3 is 0 Å². The Kier molecular flexibility index (Phi) is 4.53. The Morgan fingerprint density at radius 2 is 1.93 bits per heavy atom. The van der Waals surface area contributed by atoms with Crippen LogP contribution in [0.4, 0.5) is 10.1 Å². The summed E-state index contributed by atoms with van der Waals surface area (Å²) in [6.07, 6.45) is 3.55. The topological polar surface area (TPSA) is 23.6 Å². The quantitative estimate of drug-likeness (QED) is 0.757. The lowest BCUT2D eigenvalue weighted by molar-refractivity contribution is -0.134. The minimum Gasteiger partial charge on any atom is -0.364 e. The average molecular weight is 387 g/mol. The molecule has 0 saturated carbocycles. The summed E-state index contributed by atoms with van der Waals surface area (Å²) < 4.78 is 13.4. The summed E-state index contributed by atoms with van der Waals surface area (Å²) in [5.74, 6) is 0.0282. The standard InChI is InChI=1S/C22H27FN2OS/c1-16-5-10-19(27-16)13-20(26)24-12-4-11-22(24)14-21(2,3)25(15-22)18-8-6-17(23)7-9-18/h5-10H,4,11-15H2,1-3H3. The Labute approximate surface area is 164 Å². The largest absolute Gasteiger partial charge is 0.364 e. The van der Waals surface area contributed by atoms with Crippen molar-refractivity contribution in [3.8, 4) is 0 Å². The number of aryl methyl sites for hydroxylation is 1. The lowest BCUT2D eigenvalue weighted by Crippen LogP contribution is -2.49. The molecule has 3 heterocycles. The van der Waals surface area contributed by atoms with Gasteiger partial charge in [0.2, 0.25) is 5.91 Å². The minimum absolute atomic E-state index is 0.0692. The fourth-order valence-corrected chi connectivity index (χ4v) is 5.91. The number of thiophene rings is 1. The first-order valence-corrected chi connectivity index (χ1v) is 10.5. The van der Waals surface area contributed by atoms with Crippen LogP contribution in [0.2, 0.25) is 0 Å². The summed E-state index contributed by atoms with van der Waals surface area (Å²) in [6.45, 7) is 8.21. The van der Waals surface area contributed by atoms with Crippen molar-refractivity contribution in [2.75, 3.05) is 18.0 Å². The molecule has 0 N–H and O–H groups in total. The molecule has 4 rings (SSSR count). The van der Waals surface area contributed by atoms with E-state index in [0.717, 1.165) is 42.9 Å². The van der Waals surface area contributed by atoms with Crippen molar-refractivity contribution in [2.45, 2.75) is 57.5 Å². The Hall–Kier alpha value is -1.88. The van der Waals surface area contributed by atoms with E-state index < -0.39 is 0 Å². The van der Waals surface area contributed by atoms with Crippen molar-refractivity contribution in [3.63, 3.8) is 0 Å². The van der Waals surface area contributed by atoms with Crippen molar-refractivity contribution in [2.24, 2.45) is 0 Å². The number of amides is 1. The molecule has 2 aliphatic rings. The number of anilines is 1. The van der Waals surface area contributed by atoms with E-state index in [4.69, 9.17) is 0 Å². The lowest BCUT2D eigenvalue weighted by atomic mass is 9.87. The molecular formula is C22H27FN2OS. The van der Waals surface area contributed by atoms with Gasteiger partial charge in [0.1, 0.15) is 5.82 Å². The van der Waals surface area contributed by atoms with Crippen molar-refractivity contribution in [3.05, 3.63) is 52.0 Å². The third kappa shape index (κ3) is 3.38. The fourth-order valence-electron chi connectivity index (χ4n) is 5.03. The van der Waals surface area contributed by atoms with Gasteiger partial charge in [0, 0.05) is 34.1 Å². The van der Waals surface area contributed by atoms with Gasteiger partial charge < -0.3 is 9.80 Å². The highest BCUT2D eigenvalue weighted by Gasteiger charge is 2.54. The Morgan fingerprint density at radius 1 is 1.19 bits per heavy atom. The van der Waals surface area contributed by atoms with Crippen LogP contribution < -0.4 is 4.90 Å². The highest BCUT2D eigenvalue weighted by molar-refractivity contribution is 7.12. The maximum atomic E-state index is 13.4. The molecule has 2 saturated heterocycles. The molecule has 0 aliphatic carbocycles. The zero-order valence-corrected chi connectivity index (χ0v) is 17.1. The minimum atomic E-state index is -0.214.